The molecule has 10 aromatic rings. The molecule has 0 spiro atoms. The normalized spacial score (nSPS) is 14.1. The number of aldehydes is 1. The standard InChI is InChI=1S/C28H26N6O.C21H14N2O2.C7H12N4.CH4/c35-28-24-16-23(20-4-2-1-3-5-20)26(32-25(24)10-13-29-28)21-8-6-19(7-9-21)17-34-14-11-22(12-15-34)27-30-18-31-33-27;24-13-14-6-8-16(9-7-14)20-17(15-4-2-1-3-5-15)12-18-19(23-20)10-11-22-21(18)25;1-3-8-4-2-6(1)7-9-5-10-11-7;/h1-10,13,16,18,22H,11-12,14-15,17H2,(H,29,35)(H,30,31,33);1-13H,(H,22,25);5-6,8H,1-4H2,(H,9,10,11);1H4. The van der Waals surface area contributed by atoms with Crippen molar-refractivity contribution in [1.82, 2.24) is 60.5 Å². The number of hydrogen-bond acceptors (Lipinski definition) is 11. The highest BCUT2D eigenvalue weighted by atomic mass is 16.1. The average molecular weight is 957 g/mol. The number of aromatic amines is 4. The van der Waals surface area contributed by atoms with E-state index in [0.29, 0.717) is 39.2 Å². The zero-order valence-corrected chi connectivity index (χ0v) is 39.0. The zero-order valence-electron chi connectivity index (χ0n) is 39.0. The van der Waals surface area contributed by atoms with Crippen LogP contribution in [-0.4, -0.2) is 87.7 Å². The van der Waals surface area contributed by atoms with E-state index in [1.54, 1.807) is 43.2 Å². The van der Waals surface area contributed by atoms with Gasteiger partial charge in [0.15, 0.2) is 0 Å². The smallest absolute Gasteiger partial charge is 0.257 e. The number of nitrogens with zero attached hydrogens (tertiary/aromatic N) is 7. The van der Waals surface area contributed by atoms with Crippen LogP contribution in [0.15, 0.2) is 168 Å². The molecular weight excluding hydrogens is 901 g/mol. The number of likely N-dealkylation sites (tertiary alicyclic amines) is 1. The fraction of sp³-hybridized carbons (Fsp3) is 0.211. The Hall–Kier alpha value is -8.53. The van der Waals surface area contributed by atoms with Crippen molar-refractivity contribution in [2.24, 2.45) is 0 Å². The minimum atomic E-state index is -0.162. The lowest BCUT2D eigenvalue weighted by atomic mass is 9.95. The molecule has 2 aliphatic rings. The number of benzene rings is 4. The Labute approximate surface area is 416 Å². The van der Waals surface area contributed by atoms with Gasteiger partial charge in [-0.15, -0.1) is 0 Å². The molecule has 0 bridgehead atoms. The van der Waals surface area contributed by atoms with Crippen LogP contribution in [0.2, 0.25) is 0 Å². The summed E-state index contributed by atoms with van der Waals surface area (Å²) in [5, 5.41) is 18.2. The van der Waals surface area contributed by atoms with E-state index < -0.39 is 0 Å². The first-order valence-electron chi connectivity index (χ1n) is 23.9. The van der Waals surface area contributed by atoms with Gasteiger partial charge in [0.2, 0.25) is 0 Å². The molecule has 72 heavy (non-hydrogen) atoms. The fourth-order valence-corrected chi connectivity index (χ4v) is 9.37. The molecule has 6 aromatic heterocycles. The molecule has 0 atom stereocenters. The fourth-order valence-electron chi connectivity index (χ4n) is 9.37. The Kier molecular flexibility index (Phi) is 15.4. The van der Waals surface area contributed by atoms with Gasteiger partial charge in [-0.3, -0.25) is 29.5 Å². The topological polar surface area (TPSA) is 207 Å². The minimum absolute atomic E-state index is 0. The molecule has 15 nitrogen and oxygen atoms in total. The molecule has 2 saturated heterocycles. The van der Waals surface area contributed by atoms with Crippen LogP contribution in [0.1, 0.15) is 72.5 Å². The average Bonchev–Trinajstić information content (AvgIpc) is 4.19. The van der Waals surface area contributed by atoms with E-state index in [2.05, 4.69) is 86.9 Å². The summed E-state index contributed by atoms with van der Waals surface area (Å²) in [7, 11) is 0. The van der Waals surface area contributed by atoms with Crippen LogP contribution in [0.4, 0.5) is 0 Å². The molecular formula is C57H56N12O3. The molecule has 4 aromatic carbocycles. The molecule has 0 unspecified atom stereocenters. The van der Waals surface area contributed by atoms with Gasteiger partial charge in [-0.1, -0.05) is 117 Å². The van der Waals surface area contributed by atoms with E-state index in [0.717, 1.165) is 108 Å². The summed E-state index contributed by atoms with van der Waals surface area (Å²) < 4.78 is 0. The Bertz CT molecular complexity index is 3440. The number of nitrogens with one attached hydrogen (secondary N) is 5. The van der Waals surface area contributed by atoms with Gasteiger partial charge in [0.1, 0.15) is 30.6 Å². The summed E-state index contributed by atoms with van der Waals surface area (Å²) in [5.74, 6) is 3.12. The van der Waals surface area contributed by atoms with E-state index >= 15 is 0 Å². The highest BCUT2D eigenvalue weighted by Crippen LogP contribution is 2.35. The van der Waals surface area contributed by atoms with Gasteiger partial charge in [-0.2, -0.15) is 10.2 Å². The first-order chi connectivity index (χ1) is 35.0. The number of rotatable bonds is 9. The first-order valence-corrected chi connectivity index (χ1v) is 23.9. The molecule has 0 saturated carbocycles. The van der Waals surface area contributed by atoms with E-state index in [1.165, 1.54) is 18.4 Å². The second-order valence-electron chi connectivity index (χ2n) is 17.7. The largest absolute Gasteiger partial charge is 0.328 e. The van der Waals surface area contributed by atoms with Crippen molar-refractivity contribution >= 4 is 28.1 Å². The lowest BCUT2D eigenvalue weighted by Crippen LogP contribution is -2.32. The zero-order chi connectivity index (χ0) is 48.4. The number of pyridine rings is 4. The maximum atomic E-state index is 12.4. The van der Waals surface area contributed by atoms with Crippen molar-refractivity contribution < 1.29 is 4.79 Å². The highest BCUT2D eigenvalue weighted by Gasteiger charge is 2.23. The van der Waals surface area contributed by atoms with E-state index in [1.807, 2.05) is 78.9 Å². The molecule has 8 heterocycles. The maximum absolute atomic E-state index is 12.4. The van der Waals surface area contributed by atoms with Crippen molar-refractivity contribution in [3.05, 3.63) is 202 Å². The molecule has 2 aliphatic heterocycles. The van der Waals surface area contributed by atoms with Crippen LogP contribution < -0.4 is 16.4 Å². The van der Waals surface area contributed by atoms with Crippen LogP contribution in [0, 0.1) is 0 Å². The van der Waals surface area contributed by atoms with E-state index in [4.69, 9.17) is 9.97 Å². The van der Waals surface area contributed by atoms with Crippen molar-refractivity contribution in [3.8, 4) is 44.8 Å². The Morgan fingerprint density at radius 1 is 0.556 bits per heavy atom. The Morgan fingerprint density at radius 2 is 1.03 bits per heavy atom. The van der Waals surface area contributed by atoms with Gasteiger partial charge in [-0.05, 0) is 92.8 Å². The molecule has 2 fully saturated rings. The number of hydrogen-bond donors (Lipinski definition) is 5. The van der Waals surface area contributed by atoms with Gasteiger partial charge in [0.05, 0.1) is 33.2 Å². The summed E-state index contributed by atoms with van der Waals surface area (Å²) in [6, 6.07) is 43.4. The predicted molar refractivity (Wildman–Crippen MR) is 283 cm³/mol. The lowest BCUT2D eigenvalue weighted by Gasteiger charge is -2.30. The monoisotopic (exact) mass is 956 g/mol. The van der Waals surface area contributed by atoms with Crippen LogP contribution >= 0.6 is 0 Å². The summed E-state index contributed by atoms with van der Waals surface area (Å²) in [6.07, 6.45) is 11.8. The number of H-pyrrole nitrogens is 4. The van der Waals surface area contributed by atoms with Gasteiger partial charge < -0.3 is 15.3 Å². The van der Waals surface area contributed by atoms with E-state index in [9.17, 15) is 14.4 Å². The lowest BCUT2D eigenvalue weighted by molar-refractivity contribution is 0.112. The number of piperidine rings is 2. The van der Waals surface area contributed by atoms with Gasteiger partial charge in [0.25, 0.3) is 11.1 Å². The molecule has 0 amide bonds. The van der Waals surface area contributed by atoms with E-state index in [-0.39, 0.29) is 18.5 Å². The van der Waals surface area contributed by atoms with Crippen LogP contribution in [0.5, 0.6) is 0 Å². The van der Waals surface area contributed by atoms with Gasteiger partial charge >= 0.3 is 0 Å². The maximum Gasteiger partial charge on any atom is 0.257 e. The van der Waals surface area contributed by atoms with Gasteiger partial charge in [-0.25, -0.2) is 19.9 Å². The predicted octanol–water partition coefficient (Wildman–Crippen LogP) is 9.73. The van der Waals surface area contributed by atoms with Crippen molar-refractivity contribution in [3.63, 3.8) is 0 Å². The second-order valence-corrected chi connectivity index (χ2v) is 17.7. The third kappa shape index (κ3) is 11.2. The van der Waals surface area contributed by atoms with Crippen LogP contribution in [0.3, 0.4) is 0 Å². The highest BCUT2D eigenvalue weighted by molar-refractivity contribution is 5.92. The molecule has 15 heteroatoms. The Morgan fingerprint density at radius 3 is 1.49 bits per heavy atom. The third-order valence-electron chi connectivity index (χ3n) is 13.2. The molecule has 362 valence electrons. The van der Waals surface area contributed by atoms with Crippen molar-refractivity contribution in [1.29, 1.82) is 0 Å². The minimum Gasteiger partial charge on any atom is -0.328 e. The van der Waals surface area contributed by atoms with Crippen LogP contribution in [-0.2, 0) is 6.54 Å². The molecule has 0 radical (unpaired) electrons. The molecule has 5 N–H and O–H groups in total. The Balaban J connectivity index is 0.000000150. The molecule has 12 rings (SSSR count). The van der Waals surface area contributed by atoms with Gasteiger partial charge in [0, 0.05) is 58.6 Å². The summed E-state index contributed by atoms with van der Waals surface area (Å²) in [5.41, 5.74) is 10.4. The number of carbonyl (C=O) groups is 1. The quantitative estimate of drug-likeness (QED) is 0.0861. The summed E-state index contributed by atoms with van der Waals surface area (Å²) in [6.45, 7) is 5.23. The summed E-state index contributed by atoms with van der Waals surface area (Å²) >= 11 is 0. The summed E-state index contributed by atoms with van der Waals surface area (Å²) in [4.78, 5) is 61.6. The number of carbonyl (C=O) groups excluding carboxylic acids is 1. The SMILES string of the molecule is C.O=Cc1ccc(-c2nc3cc[nH]c(=O)c3cc2-c2ccccc2)cc1.O=c1[nH]ccc2nc(-c3ccc(CN4CCC(c5ncn[nH]5)CC4)cc3)c(-c3ccccc3)cc12.c1n[nH]c(C2CCNCC2)n1. The molecule has 0 aliphatic carbocycles. The first kappa shape index (κ1) is 48.5. The van der Waals surface area contributed by atoms with Crippen molar-refractivity contribution in [2.45, 2.75) is 51.5 Å². The third-order valence-corrected chi connectivity index (χ3v) is 13.2. The van der Waals surface area contributed by atoms with Crippen LogP contribution in [0.25, 0.3) is 66.6 Å². The number of aromatic nitrogens is 10. The second kappa shape index (κ2) is 22.9. The van der Waals surface area contributed by atoms with Crippen molar-refractivity contribution in [2.75, 3.05) is 26.2 Å². The number of fused-ring (bicyclic) bond motifs is 2.